The Balaban J connectivity index is 1.79. The monoisotopic (exact) mass is 307 g/mol. The summed E-state index contributed by atoms with van der Waals surface area (Å²) in [5, 5.41) is 0.681. The van der Waals surface area contributed by atoms with E-state index in [2.05, 4.69) is 9.71 Å². The van der Waals surface area contributed by atoms with Crippen LogP contribution in [0.15, 0.2) is 29.3 Å². The molecule has 4 N–H and O–H groups in total. The Morgan fingerprint density at radius 1 is 1.24 bits per heavy atom. The molecule has 6 heteroatoms. The molecule has 1 aliphatic carbocycles. The molecule has 21 heavy (non-hydrogen) atoms. The Morgan fingerprint density at radius 2 is 2.00 bits per heavy atom. The van der Waals surface area contributed by atoms with Gasteiger partial charge in [-0.15, -0.1) is 0 Å². The summed E-state index contributed by atoms with van der Waals surface area (Å²) < 4.78 is 27.7. The van der Waals surface area contributed by atoms with Gasteiger partial charge in [0.2, 0.25) is 10.0 Å². The number of benzene rings is 1. The van der Waals surface area contributed by atoms with Crippen LogP contribution in [-0.4, -0.2) is 19.9 Å². The number of aromatic nitrogens is 1. The van der Waals surface area contributed by atoms with E-state index in [1.807, 2.05) is 0 Å². The summed E-state index contributed by atoms with van der Waals surface area (Å²) in [5.41, 5.74) is 7.07. The molecule has 0 amide bonds. The first-order valence-corrected chi connectivity index (χ1v) is 8.91. The Bertz CT molecular complexity index is 730. The molecule has 0 radical (unpaired) electrons. The van der Waals surface area contributed by atoms with Crippen LogP contribution < -0.4 is 10.5 Å². The molecule has 0 unspecified atom stereocenters. The van der Waals surface area contributed by atoms with Gasteiger partial charge in [0.1, 0.15) is 4.90 Å². The molecule has 0 aliphatic heterocycles. The minimum atomic E-state index is -3.48. The molecule has 1 heterocycles. The van der Waals surface area contributed by atoms with Crippen LogP contribution in [0, 0.1) is 5.92 Å². The second kappa shape index (κ2) is 5.69. The molecule has 1 aromatic heterocycles. The van der Waals surface area contributed by atoms with Crippen LogP contribution >= 0.6 is 0 Å². The van der Waals surface area contributed by atoms with Crippen molar-refractivity contribution >= 4 is 26.6 Å². The van der Waals surface area contributed by atoms with Crippen molar-refractivity contribution in [1.82, 2.24) is 9.71 Å². The van der Waals surface area contributed by atoms with Crippen molar-refractivity contribution in [3.05, 3.63) is 24.4 Å². The fourth-order valence-electron chi connectivity index (χ4n) is 3.04. The lowest BCUT2D eigenvalue weighted by molar-refractivity contribution is 0.357. The Kier molecular flexibility index (Phi) is 3.91. The van der Waals surface area contributed by atoms with Crippen molar-refractivity contribution in [3.8, 4) is 0 Å². The van der Waals surface area contributed by atoms with Gasteiger partial charge in [-0.25, -0.2) is 13.1 Å². The number of sulfonamides is 1. The molecule has 0 bridgehead atoms. The number of anilines is 1. The molecular formula is C15H21N3O2S. The summed E-state index contributed by atoms with van der Waals surface area (Å²) in [5.74, 6) is 0.467. The van der Waals surface area contributed by atoms with Crippen LogP contribution in [0.4, 0.5) is 5.69 Å². The third-order valence-corrected chi connectivity index (χ3v) is 5.71. The summed E-state index contributed by atoms with van der Waals surface area (Å²) in [6, 6.07) is 5.21. The molecular weight excluding hydrogens is 286 g/mol. The van der Waals surface area contributed by atoms with Gasteiger partial charge in [0.05, 0.1) is 0 Å². The molecule has 0 saturated heterocycles. The fourth-order valence-corrected chi connectivity index (χ4v) is 4.33. The average Bonchev–Trinajstić information content (AvgIpc) is 2.90. The lowest BCUT2D eigenvalue weighted by Crippen LogP contribution is -2.30. The molecule has 1 aliphatic rings. The molecule has 5 nitrogen and oxygen atoms in total. The van der Waals surface area contributed by atoms with E-state index in [0.717, 1.165) is 18.4 Å². The van der Waals surface area contributed by atoms with Crippen molar-refractivity contribution < 1.29 is 8.42 Å². The Morgan fingerprint density at radius 3 is 2.76 bits per heavy atom. The molecule has 3 rings (SSSR count). The number of fused-ring (bicyclic) bond motifs is 1. The van der Waals surface area contributed by atoms with Gasteiger partial charge in [0.25, 0.3) is 0 Å². The largest absolute Gasteiger partial charge is 0.399 e. The Labute approximate surface area is 125 Å². The van der Waals surface area contributed by atoms with E-state index in [4.69, 9.17) is 5.73 Å². The van der Waals surface area contributed by atoms with Crippen molar-refractivity contribution in [3.63, 3.8) is 0 Å². The lowest BCUT2D eigenvalue weighted by Gasteiger charge is -2.21. The summed E-state index contributed by atoms with van der Waals surface area (Å²) in [6.45, 7) is 0.532. The Hall–Kier alpha value is -1.53. The fraction of sp³-hybridized carbons (Fsp3) is 0.467. The van der Waals surface area contributed by atoms with Crippen molar-refractivity contribution in [1.29, 1.82) is 0 Å². The predicted molar refractivity (Wildman–Crippen MR) is 84.5 cm³/mol. The highest BCUT2D eigenvalue weighted by Crippen LogP contribution is 2.26. The number of nitrogens with one attached hydrogen (secondary N) is 2. The summed E-state index contributed by atoms with van der Waals surface area (Å²) in [6.07, 6.45) is 7.46. The van der Waals surface area contributed by atoms with Gasteiger partial charge in [-0.05, 0) is 37.0 Å². The van der Waals surface area contributed by atoms with Crippen LogP contribution in [0.2, 0.25) is 0 Å². The highest BCUT2D eigenvalue weighted by molar-refractivity contribution is 7.89. The maximum Gasteiger partial charge on any atom is 0.242 e. The number of rotatable bonds is 4. The second-order valence-electron chi connectivity index (χ2n) is 5.81. The number of aromatic amines is 1. The maximum absolute atomic E-state index is 12.5. The lowest BCUT2D eigenvalue weighted by atomic mass is 9.90. The average molecular weight is 307 g/mol. The van der Waals surface area contributed by atoms with Crippen molar-refractivity contribution in [2.24, 2.45) is 5.92 Å². The number of hydrogen-bond donors (Lipinski definition) is 3. The first kappa shape index (κ1) is 14.4. The third-order valence-electron chi connectivity index (χ3n) is 4.24. The zero-order valence-electron chi connectivity index (χ0n) is 11.9. The van der Waals surface area contributed by atoms with Gasteiger partial charge in [-0.1, -0.05) is 19.3 Å². The van der Waals surface area contributed by atoms with E-state index < -0.39 is 10.0 Å². The molecule has 1 fully saturated rings. The van der Waals surface area contributed by atoms with Crippen LogP contribution in [0.3, 0.4) is 0 Å². The molecule has 1 aromatic carbocycles. The highest BCUT2D eigenvalue weighted by atomic mass is 32.2. The van der Waals surface area contributed by atoms with Gasteiger partial charge in [-0.3, -0.25) is 0 Å². The molecule has 0 spiro atoms. The molecule has 114 valence electrons. The van der Waals surface area contributed by atoms with Crippen LogP contribution in [0.5, 0.6) is 0 Å². The molecule has 2 aromatic rings. The highest BCUT2D eigenvalue weighted by Gasteiger charge is 2.21. The molecule has 0 atom stereocenters. The maximum atomic E-state index is 12.5. The van der Waals surface area contributed by atoms with Crippen LogP contribution in [0.1, 0.15) is 32.1 Å². The SMILES string of the molecule is Nc1ccc2c(S(=O)(=O)NCC3CCCCC3)c[nH]c2c1. The second-order valence-corrected chi connectivity index (χ2v) is 7.55. The van der Waals surface area contributed by atoms with Gasteiger partial charge in [-0.2, -0.15) is 0 Å². The standard InChI is InChI=1S/C15H21N3O2S/c16-12-6-7-13-14(8-12)17-10-15(13)21(19,20)18-9-11-4-2-1-3-5-11/h6-8,10-11,17-18H,1-5,9,16H2. The first-order chi connectivity index (χ1) is 10.1. The van der Waals surface area contributed by atoms with Crippen molar-refractivity contribution in [2.75, 3.05) is 12.3 Å². The third kappa shape index (κ3) is 3.06. The van der Waals surface area contributed by atoms with E-state index in [9.17, 15) is 8.42 Å². The van der Waals surface area contributed by atoms with Gasteiger partial charge < -0.3 is 10.7 Å². The zero-order valence-corrected chi connectivity index (χ0v) is 12.7. The van der Waals surface area contributed by atoms with Gasteiger partial charge in [0, 0.05) is 29.3 Å². The van der Waals surface area contributed by atoms with E-state index in [-0.39, 0.29) is 0 Å². The summed E-state index contributed by atoms with van der Waals surface area (Å²) in [4.78, 5) is 3.27. The van der Waals surface area contributed by atoms with Gasteiger partial charge in [0.15, 0.2) is 0 Å². The summed E-state index contributed by atoms with van der Waals surface area (Å²) in [7, 11) is -3.48. The number of nitrogen functional groups attached to an aromatic ring is 1. The van der Waals surface area contributed by atoms with Crippen LogP contribution in [-0.2, 0) is 10.0 Å². The van der Waals surface area contributed by atoms with Crippen LogP contribution in [0.25, 0.3) is 10.9 Å². The zero-order chi connectivity index (χ0) is 14.9. The predicted octanol–water partition coefficient (Wildman–Crippen LogP) is 2.61. The number of hydrogen-bond acceptors (Lipinski definition) is 3. The van der Waals surface area contributed by atoms with E-state index in [0.29, 0.717) is 28.4 Å². The summed E-state index contributed by atoms with van der Waals surface area (Å²) >= 11 is 0. The van der Waals surface area contributed by atoms with E-state index in [1.165, 1.54) is 25.5 Å². The number of nitrogens with two attached hydrogens (primary N) is 1. The smallest absolute Gasteiger partial charge is 0.242 e. The topological polar surface area (TPSA) is 88.0 Å². The van der Waals surface area contributed by atoms with Crippen molar-refractivity contribution in [2.45, 2.75) is 37.0 Å². The molecule has 1 saturated carbocycles. The van der Waals surface area contributed by atoms with E-state index >= 15 is 0 Å². The normalized spacial score (nSPS) is 17.3. The quantitative estimate of drug-likeness (QED) is 0.759. The van der Waals surface area contributed by atoms with Gasteiger partial charge >= 0.3 is 0 Å². The minimum Gasteiger partial charge on any atom is -0.399 e. The number of H-pyrrole nitrogens is 1. The van der Waals surface area contributed by atoms with E-state index in [1.54, 1.807) is 18.2 Å². The first-order valence-electron chi connectivity index (χ1n) is 7.42. The minimum absolute atomic E-state index is 0.299.